The van der Waals surface area contributed by atoms with E-state index in [0.717, 1.165) is 0 Å². The van der Waals surface area contributed by atoms with E-state index in [4.69, 9.17) is 12.2 Å². The fraction of sp³-hybridized carbons (Fsp3) is 0.0625. The van der Waals surface area contributed by atoms with Gasteiger partial charge in [-0.2, -0.15) is 0 Å². The molecule has 9 heteroatoms. The number of aromatic amines is 1. The average Bonchev–Trinajstić information content (AvgIpc) is 2.97. The lowest BCUT2D eigenvalue weighted by atomic mass is 10.0. The van der Waals surface area contributed by atoms with E-state index in [-0.39, 0.29) is 28.4 Å². The van der Waals surface area contributed by atoms with E-state index in [1.807, 2.05) is 0 Å². The van der Waals surface area contributed by atoms with Gasteiger partial charge in [-0.3, -0.25) is 29.5 Å². The Balaban J connectivity index is 2.18. The quantitative estimate of drug-likeness (QED) is 0.378. The van der Waals surface area contributed by atoms with Crippen molar-refractivity contribution in [3.05, 3.63) is 67.2 Å². The maximum absolute atomic E-state index is 12.2. The van der Waals surface area contributed by atoms with Gasteiger partial charge in [0.2, 0.25) is 5.88 Å². The number of allylic oxidation sites excluding steroid dienone is 2. The minimum atomic E-state index is -0.567. The number of nitrogens with zero attached hydrogens (tertiary/aromatic N) is 3. The molecule has 0 aliphatic carbocycles. The predicted molar refractivity (Wildman–Crippen MR) is 96.9 cm³/mol. The van der Waals surface area contributed by atoms with Gasteiger partial charge in [-0.05, 0) is 24.4 Å². The van der Waals surface area contributed by atoms with Crippen LogP contribution in [0.15, 0.2) is 40.6 Å². The molecule has 3 rings (SSSR count). The van der Waals surface area contributed by atoms with Crippen LogP contribution in [0.4, 0.5) is 11.4 Å². The first-order valence-corrected chi connectivity index (χ1v) is 7.54. The van der Waals surface area contributed by atoms with Crippen molar-refractivity contribution >= 4 is 41.5 Å². The molecule has 1 aromatic heterocycles. The molecule has 0 atom stereocenters. The highest BCUT2D eigenvalue weighted by molar-refractivity contribution is 7.71. The van der Waals surface area contributed by atoms with Crippen LogP contribution in [0.5, 0.6) is 5.88 Å². The van der Waals surface area contributed by atoms with Crippen LogP contribution >= 0.6 is 12.2 Å². The summed E-state index contributed by atoms with van der Waals surface area (Å²) in [5, 5.41) is 21.3. The molecule has 0 saturated carbocycles. The number of hydrogen-bond acceptors (Lipinski definition) is 6. The van der Waals surface area contributed by atoms with Crippen molar-refractivity contribution in [1.29, 1.82) is 0 Å². The van der Waals surface area contributed by atoms with Crippen molar-refractivity contribution in [2.24, 2.45) is 4.99 Å². The zero-order valence-corrected chi connectivity index (χ0v) is 13.6. The molecule has 2 aromatic rings. The third kappa shape index (κ3) is 2.92. The lowest BCUT2D eigenvalue weighted by molar-refractivity contribution is -0.384. The summed E-state index contributed by atoms with van der Waals surface area (Å²) in [6.07, 6.45) is 4.43. The molecule has 0 spiro atoms. The highest BCUT2D eigenvalue weighted by Crippen LogP contribution is 2.35. The molecule has 0 fully saturated rings. The Morgan fingerprint density at radius 1 is 1.48 bits per heavy atom. The molecule has 0 amide bonds. The Labute approximate surface area is 146 Å². The molecule has 0 saturated heterocycles. The first-order chi connectivity index (χ1) is 11.9. The van der Waals surface area contributed by atoms with Crippen LogP contribution < -0.4 is 5.56 Å². The standard InChI is InChI=1S/C16H12N4O4S/c1-2-5-19-15(22)12(14(21)18-16(19)25)6-9-8-17-13-4-3-10(20(23)24)7-11(9)13/h2-4,6-8,22H,1,5H2,(H,18,21,25). The molecule has 0 unspecified atom stereocenters. The summed E-state index contributed by atoms with van der Waals surface area (Å²) in [5.74, 6) is -0.312. The molecule has 0 bridgehead atoms. The predicted octanol–water partition coefficient (Wildman–Crippen LogP) is 2.96. The second-order valence-electron chi connectivity index (χ2n) is 5.21. The van der Waals surface area contributed by atoms with Gasteiger partial charge in [0, 0.05) is 36.0 Å². The summed E-state index contributed by atoms with van der Waals surface area (Å²) in [6, 6.07) is 4.26. The second-order valence-corrected chi connectivity index (χ2v) is 5.60. The van der Waals surface area contributed by atoms with Crippen molar-refractivity contribution in [3.63, 3.8) is 0 Å². The van der Waals surface area contributed by atoms with Crippen molar-refractivity contribution in [2.75, 3.05) is 0 Å². The summed E-state index contributed by atoms with van der Waals surface area (Å²) >= 11 is 5.02. The van der Waals surface area contributed by atoms with Gasteiger partial charge < -0.3 is 5.11 Å². The normalized spacial score (nSPS) is 13.8. The SMILES string of the molecule is C=CCn1c(O)c(C=C2C=Nc3ccc([N+](=O)[O-])cc32)c(=O)[nH]c1=S. The number of nitro groups is 1. The number of fused-ring (bicyclic) bond motifs is 1. The topological polar surface area (TPSA) is 114 Å². The number of hydrogen-bond donors (Lipinski definition) is 2. The molecule has 8 nitrogen and oxygen atoms in total. The van der Waals surface area contributed by atoms with Gasteiger partial charge in [-0.15, -0.1) is 6.58 Å². The van der Waals surface area contributed by atoms with Gasteiger partial charge in [0.05, 0.1) is 10.6 Å². The minimum Gasteiger partial charge on any atom is -0.494 e. The van der Waals surface area contributed by atoms with E-state index >= 15 is 0 Å². The number of aromatic hydroxyl groups is 1. The van der Waals surface area contributed by atoms with Crippen LogP contribution in [0, 0.1) is 14.9 Å². The number of non-ortho nitro benzene ring substituents is 1. The average molecular weight is 356 g/mol. The summed E-state index contributed by atoms with van der Waals surface area (Å²) < 4.78 is 1.39. The van der Waals surface area contributed by atoms with Crippen molar-refractivity contribution in [3.8, 4) is 5.88 Å². The molecular formula is C16H12N4O4S. The van der Waals surface area contributed by atoms with Gasteiger partial charge in [0.1, 0.15) is 5.56 Å². The van der Waals surface area contributed by atoms with E-state index in [0.29, 0.717) is 16.8 Å². The maximum atomic E-state index is 12.2. The largest absolute Gasteiger partial charge is 0.494 e. The zero-order valence-electron chi connectivity index (χ0n) is 12.8. The molecule has 1 aliphatic heterocycles. The van der Waals surface area contributed by atoms with Crippen molar-refractivity contribution in [1.82, 2.24) is 9.55 Å². The third-order valence-corrected chi connectivity index (χ3v) is 3.99. The Hall–Kier alpha value is -3.33. The van der Waals surface area contributed by atoms with Crippen LogP contribution in [-0.4, -0.2) is 25.8 Å². The number of nitro benzene ring substituents is 1. The minimum absolute atomic E-state index is 0.0174. The van der Waals surface area contributed by atoms with Gasteiger partial charge in [0.15, 0.2) is 4.77 Å². The Morgan fingerprint density at radius 3 is 2.92 bits per heavy atom. The third-order valence-electron chi connectivity index (χ3n) is 3.66. The highest BCUT2D eigenvalue weighted by atomic mass is 32.1. The number of aromatic nitrogens is 2. The number of aliphatic imine (C=N–C) groups is 1. The highest BCUT2D eigenvalue weighted by Gasteiger charge is 2.19. The van der Waals surface area contributed by atoms with Crippen LogP contribution in [0.3, 0.4) is 0 Å². The molecule has 126 valence electrons. The molecule has 2 heterocycles. The van der Waals surface area contributed by atoms with Crippen LogP contribution in [0.2, 0.25) is 0 Å². The molecule has 1 aromatic carbocycles. The fourth-order valence-electron chi connectivity index (χ4n) is 2.46. The second kappa shape index (κ2) is 6.29. The van der Waals surface area contributed by atoms with Gasteiger partial charge in [0.25, 0.3) is 11.2 Å². The molecule has 25 heavy (non-hydrogen) atoms. The Kier molecular flexibility index (Phi) is 4.15. The lowest BCUT2D eigenvalue weighted by Crippen LogP contribution is -2.16. The van der Waals surface area contributed by atoms with E-state index in [2.05, 4.69) is 16.6 Å². The number of nitrogens with one attached hydrogen (secondary N) is 1. The number of rotatable bonds is 4. The van der Waals surface area contributed by atoms with Gasteiger partial charge in [-0.25, -0.2) is 0 Å². The molecule has 2 N–H and O–H groups in total. The monoisotopic (exact) mass is 356 g/mol. The van der Waals surface area contributed by atoms with Gasteiger partial charge in [-0.1, -0.05) is 6.08 Å². The van der Waals surface area contributed by atoms with Gasteiger partial charge >= 0.3 is 0 Å². The summed E-state index contributed by atoms with van der Waals surface area (Å²) in [7, 11) is 0. The maximum Gasteiger partial charge on any atom is 0.270 e. The van der Waals surface area contributed by atoms with E-state index in [9.17, 15) is 20.0 Å². The smallest absolute Gasteiger partial charge is 0.270 e. The Bertz CT molecular complexity index is 1080. The summed E-state index contributed by atoms with van der Waals surface area (Å²) in [5.41, 5.74) is 0.855. The van der Waals surface area contributed by atoms with E-state index in [1.165, 1.54) is 41.1 Å². The van der Waals surface area contributed by atoms with Crippen molar-refractivity contribution < 1.29 is 10.0 Å². The molecular weight excluding hydrogens is 344 g/mol. The molecule has 0 radical (unpaired) electrons. The fourth-order valence-corrected chi connectivity index (χ4v) is 2.72. The number of H-pyrrole nitrogens is 1. The molecule has 1 aliphatic rings. The van der Waals surface area contributed by atoms with Crippen LogP contribution in [0.1, 0.15) is 11.1 Å². The first kappa shape index (κ1) is 16.5. The van der Waals surface area contributed by atoms with Crippen LogP contribution in [0.25, 0.3) is 11.6 Å². The van der Waals surface area contributed by atoms with E-state index < -0.39 is 10.5 Å². The van der Waals surface area contributed by atoms with E-state index in [1.54, 1.807) is 0 Å². The van der Waals surface area contributed by atoms with Crippen molar-refractivity contribution in [2.45, 2.75) is 6.54 Å². The Morgan fingerprint density at radius 2 is 2.24 bits per heavy atom. The van der Waals surface area contributed by atoms with Crippen LogP contribution in [-0.2, 0) is 6.54 Å². The lowest BCUT2D eigenvalue weighted by Gasteiger charge is -2.09. The summed E-state index contributed by atoms with van der Waals surface area (Å²) in [4.78, 5) is 29.3. The first-order valence-electron chi connectivity index (χ1n) is 7.14. The summed E-state index contributed by atoms with van der Waals surface area (Å²) in [6.45, 7) is 3.79. The number of benzene rings is 1. The zero-order chi connectivity index (χ0) is 18.1.